The van der Waals surface area contributed by atoms with Gasteiger partial charge in [0.15, 0.2) is 0 Å². The first-order valence-corrected chi connectivity index (χ1v) is 6.09. The van der Waals surface area contributed by atoms with Crippen LogP contribution < -0.4 is 0 Å². The van der Waals surface area contributed by atoms with Crippen molar-refractivity contribution >= 4 is 0 Å². The maximum absolute atomic E-state index is 2.43. The Balaban J connectivity index is 2.00. The van der Waals surface area contributed by atoms with Crippen molar-refractivity contribution in [3.05, 3.63) is 24.3 Å². The summed E-state index contributed by atoms with van der Waals surface area (Å²) in [6.45, 7) is 4.78. The Kier molecular flexibility index (Phi) is 3.10. The minimum absolute atomic E-state index is 0.812. The van der Waals surface area contributed by atoms with Gasteiger partial charge in [0.2, 0.25) is 0 Å². The Hall–Kier alpha value is -0.520. The van der Waals surface area contributed by atoms with Crippen molar-refractivity contribution < 1.29 is 0 Å². The molecule has 4 unspecified atom stereocenters. The summed E-state index contributed by atoms with van der Waals surface area (Å²) in [5.74, 6) is 3.62. The molecule has 0 fully saturated rings. The Morgan fingerprint density at radius 1 is 0.929 bits per heavy atom. The van der Waals surface area contributed by atoms with E-state index in [1.807, 2.05) is 0 Å². The van der Waals surface area contributed by atoms with Gasteiger partial charge in [-0.05, 0) is 49.4 Å². The van der Waals surface area contributed by atoms with Crippen LogP contribution in [0.1, 0.15) is 39.5 Å². The van der Waals surface area contributed by atoms with Crippen molar-refractivity contribution in [2.45, 2.75) is 39.5 Å². The molecule has 0 N–H and O–H groups in total. The van der Waals surface area contributed by atoms with Gasteiger partial charge in [0.25, 0.3) is 0 Å². The first-order chi connectivity index (χ1) is 6.77. The molecule has 0 heteroatoms. The van der Waals surface area contributed by atoms with Crippen LogP contribution in [0.5, 0.6) is 0 Å². The number of rotatable bonds is 1. The fourth-order valence-electron chi connectivity index (χ4n) is 3.12. The van der Waals surface area contributed by atoms with Crippen molar-refractivity contribution in [1.82, 2.24) is 0 Å². The van der Waals surface area contributed by atoms with Gasteiger partial charge in [0, 0.05) is 0 Å². The fraction of sp³-hybridized carbons (Fsp3) is 0.714. The molecule has 0 bridgehead atoms. The highest BCUT2D eigenvalue weighted by Crippen LogP contribution is 2.38. The van der Waals surface area contributed by atoms with Gasteiger partial charge in [-0.1, -0.05) is 38.2 Å². The molecule has 2 rings (SSSR count). The number of hydrogen-bond acceptors (Lipinski definition) is 0. The van der Waals surface area contributed by atoms with Crippen LogP contribution in [0, 0.1) is 23.7 Å². The minimum Gasteiger partial charge on any atom is -0.0883 e. The second-order valence-corrected chi connectivity index (χ2v) is 5.22. The van der Waals surface area contributed by atoms with E-state index in [0.29, 0.717) is 0 Å². The highest BCUT2D eigenvalue weighted by molar-refractivity contribution is 5.01. The molecule has 0 aromatic heterocycles. The molecule has 0 heterocycles. The maximum atomic E-state index is 2.43. The van der Waals surface area contributed by atoms with E-state index in [1.165, 1.54) is 25.7 Å². The number of hydrogen-bond donors (Lipinski definition) is 0. The summed E-state index contributed by atoms with van der Waals surface area (Å²) in [6.07, 6.45) is 14.9. The standard InChI is InChI=1S/C14H22/c1-11-6-5-8-13(10-11)14-9-4-3-7-12(14)2/h3-6,11-14H,7-10H2,1-2H3. The van der Waals surface area contributed by atoms with Crippen LogP contribution in [0.15, 0.2) is 24.3 Å². The minimum atomic E-state index is 0.812. The molecule has 0 spiro atoms. The predicted molar refractivity (Wildman–Crippen MR) is 62.1 cm³/mol. The SMILES string of the molecule is CC1C=CCC(C2CC=CCC2C)C1. The third-order valence-electron chi connectivity index (χ3n) is 4.00. The quantitative estimate of drug-likeness (QED) is 0.544. The van der Waals surface area contributed by atoms with Crippen molar-refractivity contribution in [3.8, 4) is 0 Å². The van der Waals surface area contributed by atoms with Crippen molar-refractivity contribution in [2.24, 2.45) is 23.7 Å². The molecule has 0 saturated carbocycles. The average molecular weight is 190 g/mol. The normalized spacial score (nSPS) is 42.7. The average Bonchev–Trinajstić information content (AvgIpc) is 2.18. The zero-order chi connectivity index (χ0) is 9.97. The van der Waals surface area contributed by atoms with Gasteiger partial charge < -0.3 is 0 Å². The first-order valence-electron chi connectivity index (χ1n) is 6.09. The summed E-state index contributed by atoms with van der Waals surface area (Å²) < 4.78 is 0. The lowest BCUT2D eigenvalue weighted by Gasteiger charge is -2.35. The second-order valence-electron chi connectivity index (χ2n) is 5.22. The van der Waals surface area contributed by atoms with E-state index in [-0.39, 0.29) is 0 Å². The van der Waals surface area contributed by atoms with Gasteiger partial charge >= 0.3 is 0 Å². The van der Waals surface area contributed by atoms with E-state index >= 15 is 0 Å². The molecule has 0 amide bonds. The van der Waals surface area contributed by atoms with Crippen molar-refractivity contribution in [2.75, 3.05) is 0 Å². The maximum Gasteiger partial charge on any atom is -0.0259 e. The molecule has 14 heavy (non-hydrogen) atoms. The molecule has 78 valence electrons. The van der Waals surface area contributed by atoms with Crippen LogP contribution in [0.4, 0.5) is 0 Å². The zero-order valence-electron chi connectivity index (χ0n) is 9.45. The highest BCUT2D eigenvalue weighted by Gasteiger charge is 2.28. The van der Waals surface area contributed by atoms with E-state index in [1.54, 1.807) is 0 Å². The summed E-state index contributed by atoms with van der Waals surface area (Å²) in [6, 6.07) is 0. The largest absolute Gasteiger partial charge is 0.0883 e. The van der Waals surface area contributed by atoms with Crippen LogP contribution in [-0.4, -0.2) is 0 Å². The summed E-state index contributed by atoms with van der Waals surface area (Å²) in [7, 11) is 0. The number of allylic oxidation sites excluding steroid dienone is 4. The lowest BCUT2D eigenvalue weighted by atomic mass is 9.70. The monoisotopic (exact) mass is 190 g/mol. The van der Waals surface area contributed by atoms with E-state index in [0.717, 1.165) is 23.7 Å². The van der Waals surface area contributed by atoms with Crippen LogP contribution in [-0.2, 0) is 0 Å². The smallest absolute Gasteiger partial charge is 0.0259 e. The molecular weight excluding hydrogens is 168 g/mol. The molecular formula is C14H22. The van der Waals surface area contributed by atoms with Crippen LogP contribution in [0.3, 0.4) is 0 Å². The van der Waals surface area contributed by atoms with E-state index < -0.39 is 0 Å². The van der Waals surface area contributed by atoms with E-state index in [2.05, 4.69) is 38.2 Å². The van der Waals surface area contributed by atoms with Crippen LogP contribution in [0.2, 0.25) is 0 Å². The molecule has 4 atom stereocenters. The summed E-state index contributed by atoms with van der Waals surface area (Å²) in [4.78, 5) is 0. The van der Waals surface area contributed by atoms with E-state index in [9.17, 15) is 0 Å². The third-order valence-corrected chi connectivity index (χ3v) is 4.00. The Labute approximate surface area is 88.1 Å². The highest BCUT2D eigenvalue weighted by atomic mass is 14.3. The third kappa shape index (κ3) is 2.10. The molecule has 0 aliphatic heterocycles. The van der Waals surface area contributed by atoms with Gasteiger partial charge in [-0.25, -0.2) is 0 Å². The molecule has 0 aromatic carbocycles. The zero-order valence-corrected chi connectivity index (χ0v) is 9.45. The predicted octanol–water partition coefficient (Wildman–Crippen LogP) is 4.19. The second kappa shape index (κ2) is 4.33. The summed E-state index contributed by atoms with van der Waals surface area (Å²) in [5.41, 5.74) is 0. The molecule has 2 aliphatic rings. The Morgan fingerprint density at radius 3 is 2.43 bits per heavy atom. The van der Waals surface area contributed by atoms with Gasteiger partial charge in [0.1, 0.15) is 0 Å². The Bertz CT molecular complexity index is 236. The molecule has 0 aromatic rings. The first kappa shape index (κ1) is 10.0. The van der Waals surface area contributed by atoms with Gasteiger partial charge in [0.05, 0.1) is 0 Å². The fourth-order valence-corrected chi connectivity index (χ4v) is 3.12. The molecule has 0 saturated heterocycles. The summed E-state index contributed by atoms with van der Waals surface area (Å²) >= 11 is 0. The van der Waals surface area contributed by atoms with Crippen molar-refractivity contribution in [3.63, 3.8) is 0 Å². The van der Waals surface area contributed by atoms with Crippen molar-refractivity contribution in [1.29, 1.82) is 0 Å². The summed E-state index contributed by atoms with van der Waals surface area (Å²) in [5, 5.41) is 0. The van der Waals surface area contributed by atoms with Gasteiger partial charge in [-0.3, -0.25) is 0 Å². The van der Waals surface area contributed by atoms with Gasteiger partial charge in [-0.15, -0.1) is 0 Å². The molecule has 0 radical (unpaired) electrons. The van der Waals surface area contributed by atoms with Crippen LogP contribution >= 0.6 is 0 Å². The Morgan fingerprint density at radius 2 is 1.71 bits per heavy atom. The molecule has 0 nitrogen and oxygen atoms in total. The lowest BCUT2D eigenvalue weighted by Crippen LogP contribution is -2.25. The molecule has 2 aliphatic carbocycles. The topological polar surface area (TPSA) is 0 Å². The van der Waals surface area contributed by atoms with Crippen LogP contribution in [0.25, 0.3) is 0 Å². The van der Waals surface area contributed by atoms with Gasteiger partial charge in [-0.2, -0.15) is 0 Å². The lowest BCUT2D eigenvalue weighted by molar-refractivity contribution is 0.204. The van der Waals surface area contributed by atoms with E-state index in [4.69, 9.17) is 0 Å².